The molecule has 1 atom stereocenters. The second kappa shape index (κ2) is 18.6. The summed E-state index contributed by atoms with van der Waals surface area (Å²) in [7, 11) is 0. The molecule has 3 nitrogen and oxygen atoms in total. The van der Waals surface area contributed by atoms with Crippen molar-refractivity contribution in [2.24, 2.45) is 0 Å². The summed E-state index contributed by atoms with van der Waals surface area (Å²) in [5.74, 6) is 0. The van der Waals surface area contributed by atoms with Crippen LogP contribution >= 0.6 is 0 Å². The summed E-state index contributed by atoms with van der Waals surface area (Å²) in [4.78, 5) is 10.8. The first-order chi connectivity index (χ1) is 11.7. The van der Waals surface area contributed by atoms with Crippen LogP contribution < -0.4 is 0 Å². The number of hydrogen-bond acceptors (Lipinski definition) is 2. The lowest BCUT2D eigenvalue weighted by Gasteiger charge is -2.15. The van der Waals surface area contributed by atoms with E-state index in [-0.39, 0.29) is 6.10 Å². The SMILES string of the molecule is CCCCCCCCCCC(CCCCCCCCC)OC(=O)O. The monoisotopic (exact) mass is 342 g/mol. The second-order valence-corrected chi connectivity index (χ2v) is 7.18. The number of hydrogen-bond donors (Lipinski definition) is 1. The van der Waals surface area contributed by atoms with Crippen LogP contribution in [0.4, 0.5) is 4.79 Å². The van der Waals surface area contributed by atoms with Crippen molar-refractivity contribution in [1.29, 1.82) is 0 Å². The van der Waals surface area contributed by atoms with E-state index in [1.54, 1.807) is 0 Å². The number of carbonyl (C=O) groups is 1. The maximum Gasteiger partial charge on any atom is 0.506 e. The molecule has 0 radical (unpaired) electrons. The van der Waals surface area contributed by atoms with Crippen LogP contribution in [-0.2, 0) is 4.74 Å². The molecule has 0 aliphatic rings. The number of carboxylic acid groups (broad SMARTS) is 1. The zero-order chi connectivity index (χ0) is 17.9. The summed E-state index contributed by atoms with van der Waals surface area (Å²) in [6, 6.07) is 0. The van der Waals surface area contributed by atoms with E-state index in [9.17, 15) is 4.79 Å². The Labute approximate surface area is 150 Å². The van der Waals surface area contributed by atoms with Gasteiger partial charge in [0, 0.05) is 0 Å². The Kier molecular flexibility index (Phi) is 18.0. The minimum Gasteiger partial charge on any atom is -0.450 e. The molecule has 0 spiro atoms. The molecule has 0 aromatic carbocycles. The molecule has 0 amide bonds. The number of rotatable bonds is 18. The first-order valence-electron chi connectivity index (χ1n) is 10.6. The average Bonchev–Trinajstić information content (AvgIpc) is 2.55. The fourth-order valence-electron chi connectivity index (χ4n) is 3.24. The summed E-state index contributed by atoms with van der Waals surface area (Å²) in [5.41, 5.74) is 0. The molecule has 0 saturated heterocycles. The average molecular weight is 343 g/mol. The lowest BCUT2D eigenvalue weighted by atomic mass is 10.0. The van der Waals surface area contributed by atoms with Gasteiger partial charge in [0.1, 0.15) is 6.10 Å². The highest BCUT2D eigenvalue weighted by atomic mass is 16.7. The molecule has 0 aliphatic carbocycles. The van der Waals surface area contributed by atoms with E-state index in [0.29, 0.717) is 0 Å². The van der Waals surface area contributed by atoms with Crippen LogP contribution in [0.1, 0.15) is 123 Å². The van der Waals surface area contributed by atoms with E-state index >= 15 is 0 Å². The van der Waals surface area contributed by atoms with Gasteiger partial charge in [-0.05, 0) is 25.7 Å². The highest BCUT2D eigenvalue weighted by Gasteiger charge is 2.13. The predicted octanol–water partition coefficient (Wildman–Crippen LogP) is 7.72. The Morgan fingerprint density at radius 2 is 1.00 bits per heavy atom. The van der Waals surface area contributed by atoms with Crippen molar-refractivity contribution in [1.82, 2.24) is 0 Å². The minimum absolute atomic E-state index is 0.0850. The third-order valence-corrected chi connectivity index (χ3v) is 4.78. The molecular formula is C21H42O3. The quantitative estimate of drug-likeness (QED) is 0.205. The van der Waals surface area contributed by atoms with E-state index < -0.39 is 6.16 Å². The van der Waals surface area contributed by atoms with Crippen molar-refractivity contribution in [2.75, 3.05) is 0 Å². The van der Waals surface area contributed by atoms with Gasteiger partial charge in [-0.15, -0.1) is 0 Å². The van der Waals surface area contributed by atoms with E-state index in [1.165, 1.54) is 83.5 Å². The van der Waals surface area contributed by atoms with Crippen molar-refractivity contribution in [3.8, 4) is 0 Å². The molecule has 3 heteroatoms. The number of unbranched alkanes of at least 4 members (excludes halogenated alkanes) is 13. The highest BCUT2D eigenvalue weighted by Crippen LogP contribution is 2.17. The fraction of sp³-hybridized carbons (Fsp3) is 0.952. The maximum atomic E-state index is 10.8. The molecule has 0 fully saturated rings. The molecule has 0 aromatic rings. The minimum atomic E-state index is -1.11. The summed E-state index contributed by atoms with van der Waals surface area (Å²) < 4.78 is 5.07. The van der Waals surface area contributed by atoms with Gasteiger partial charge in [0.25, 0.3) is 0 Å². The molecule has 144 valence electrons. The molecule has 0 saturated carbocycles. The summed E-state index contributed by atoms with van der Waals surface area (Å²) >= 11 is 0. The topological polar surface area (TPSA) is 46.5 Å². The van der Waals surface area contributed by atoms with Crippen molar-refractivity contribution >= 4 is 6.16 Å². The van der Waals surface area contributed by atoms with Crippen LogP contribution in [0.3, 0.4) is 0 Å². The highest BCUT2D eigenvalue weighted by molar-refractivity contribution is 5.57. The molecule has 0 aromatic heterocycles. The summed E-state index contributed by atoms with van der Waals surface area (Å²) in [6.45, 7) is 4.48. The first kappa shape index (κ1) is 23.3. The maximum absolute atomic E-state index is 10.8. The molecule has 0 aliphatic heterocycles. The lowest BCUT2D eigenvalue weighted by molar-refractivity contribution is 0.0422. The van der Waals surface area contributed by atoms with Gasteiger partial charge in [-0.1, -0.05) is 97.3 Å². The third-order valence-electron chi connectivity index (χ3n) is 4.78. The Morgan fingerprint density at radius 3 is 1.33 bits per heavy atom. The van der Waals surface area contributed by atoms with Crippen LogP contribution in [0.5, 0.6) is 0 Å². The van der Waals surface area contributed by atoms with Gasteiger partial charge in [-0.3, -0.25) is 0 Å². The summed E-state index contributed by atoms with van der Waals surface area (Å²) in [6.07, 6.45) is 19.7. The second-order valence-electron chi connectivity index (χ2n) is 7.18. The molecule has 0 heterocycles. The van der Waals surface area contributed by atoms with E-state index in [2.05, 4.69) is 13.8 Å². The van der Waals surface area contributed by atoms with Gasteiger partial charge in [0.05, 0.1) is 0 Å². The molecule has 1 unspecified atom stereocenters. The molecule has 0 rings (SSSR count). The first-order valence-corrected chi connectivity index (χ1v) is 10.6. The predicted molar refractivity (Wildman–Crippen MR) is 103 cm³/mol. The van der Waals surface area contributed by atoms with Gasteiger partial charge >= 0.3 is 6.16 Å². The van der Waals surface area contributed by atoms with Gasteiger partial charge in [-0.25, -0.2) is 4.79 Å². The number of ether oxygens (including phenoxy) is 1. The van der Waals surface area contributed by atoms with Crippen LogP contribution in [0.15, 0.2) is 0 Å². The van der Waals surface area contributed by atoms with Crippen molar-refractivity contribution in [3.05, 3.63) is 0 Å². The largest absolute Gasteiger partial charge is 0.506 e. The standard InChI is InChI=1S/C21H42O3/c1-3-5-7-9-11-13-15-17-19-20(24-21(22)23)18-16-14-12-10-8-6-4-2/h20H,3-19H2,1-2H3,(H,22,23). The van der Waals surface area contributed by atoms with Crippen LogP contribution in [-0.4, -0.2) is 17.4 Å². The van der Waals surface area contributed by atoms with Crippen LogP contribution in [0.25, 0.3) is 0 Å². The zero-order valence-electron chi connectivity index (χ0n) is 16.4. The van der Waals surface area contributed by atoms with Gasteiger partial charge in [-0.2, -0.15) is 0 Å². The molecule has 0 bridgehead atoms. The normalized spacial score (nSPS) is 12.2. The lowest BCUT2D eigenvalue weighted by Crippen LogP contribution is -2.16. The molecule has 1 N–H and O–H groups in total. The Bertz CT molecular complexity index is 266. The van der Waals surface area contributed by atoms with Crippen molar-refractivity contribution in [3.63, 3.8) is 0 Å². The van der Waals surface area contributed by atoms with E-state index in [0.717, 1.165) is 25.7 Å². The third kappa shape index (κ3) is 17.6. The summed E-state index contributed by atoms with van der Waals surface area (Å²) in [5, 5.41) is 8.88. The Morgan fingerprint density at radius 1 is 0.667 bits per heavy atom. The van der Waals surface area contributed by atoms with Crippen molar-refractivity contribution in [2.45, 2.75) is 129 Å². The van der Waals surface area contributed by atoms with Crippen LogP contribution in [0, 0.1) is 0 Å². The Balaban J connectivity index is 3.61. The van der Waals surface area contributed by atoms with Crippen LogP contribution in [0.2, 0.25) is 0 Å². The molecular weight excluding hydrogens is 300 g/mol. The van der Waals surface area contributed by atoms with E-state index in [1.807, 2.05) is 0 Å². The Hall–Kier alpha value is -0.730. The molecule has 24 heavy (non-hydrogen) atoms. The van der Waals surface area contributed by atoms with Gasteiger partial charge < -0.3 is 9.84 Å². The van der Waals surface area contributed by atoms with Gasteiger partial charge in [0.2, 0.25) is 0 Å². The fourth-order valence-corrected chi connectivity index (χ4v) is 3.24. The smallest absolute Gasteiger partial charge is 0.450 e. The van der Waals surface area contributed by atoms with Gasteiger partial charge in [0.15, 0.2) is 0 Å². The van der Waals surface area contributed by atoms with E-state index in [4.69, 9.17) is 9.84 Å². The zero-order valence-corrected chi connectivity index (χ0v) is 16.4. The van der Waals surface area contributed by atoms with Crippen molar-refractivity contribution < 1.29 is 14.6 Å².